The molecule has 1 atom stereocenters. The summed E-state index contributed by atoms with van der Waals surface area (Å²) in [5, 5.41) is 9.20. The molecule has 0 aromatic heterocycles. The topological polar surface area (TPSA) is 56.6 Å². The summed E-state index contributed by atoms with van der Waals surface area (Å²) < 4.78 is 5.34. The molecular formula is C17H21N3O2. The van der Waals surface area contributed by atoms with E-state index < -0.39 is 0 Å². The molecule has 2 aliphatic heterocycles. The van der Waals surface area contributed by atoms with Crippen molar-refractivity contribution in [1.82, 2.24) is 4.90 Å². The lowest BCUT2D eigenvalue weighted by Gasteiger charge is -2.36. The van der Waals surface area contributed by atoms with Gasteiger partial charge in [-0.05, 0) is 24.5 Å². The van der Waals surface area contributed by atoms with Crippen molar-refractivity contribution in [2.75, 3.05) is 44.3 Å². The minimum absolute atomic E-state index is 0.240. The number of para-hydroxylation sites is 1. The van der Waals surface area contributed by atoms with E-state index in [0.717, 1.165) is 51.5 Å². The van der Waals surface area contributed by atoms with E-state index in [-0.39, 0.29) is 5.91 Å². The van der Waals surface area contributed by atoms with Gasteiger partial charge in [0, 0.05) is 45.8 Å². The zero-order valence-electron chi connectivity index (χ0n) is 12.7. The summed E-state index contributed by atoms with van der Waals surface area (Å²) in [5.74, 6) is 0.633. The molecule has 2 saturated heterocycles. The molecule has 0 N–H and O–H groups in total. The maximum Gasteiger partial charge on any atom is 0.223 e. The van der Waals surface area contributed by atoms with Gasteiger partial charge in [0.25, 0.3) is 0 Å². The third-order valence-corrected chi connectivity index (χ3v) is 4.48. The first-order valence-electron chi connectivity index (χ1n) is 7.87. The lowest BCUT2D eigenvalue weighted by atomic mass is 10.0. The molecule has 5 heteroatoms. The summed E-state index contributed by atoms with van der Waals surface area (Å²) in [4.78, 5) is 16.5. The largest absolute Gasteiger partial charge is 0.381 e. The van der Waals surface area contributed by atoms with Gasteiger partial charge in [-0.1, -0.05) is 12.1 Å². The van der Waals surface area contributed by atoms with Gasteiger partial charge >= 0.3 is 0 Å². The van der Waals surface area contributed by atoms with Crippen LogP contribution in [0.3, 0.4) is 0 Å². The number of hydrogen-bond donors (Lipinski definition) is 0. The van der Waals surface area contributed by atoms with Gasteiger partial charge in [0.2, 0.25) is 5.91 Å². The van der Waals surface area contributed by atoms with Crippen LogP contribution in [0.5, 0.6) is 0 Å². The maximum absolute atomic E-state index is 12.3. The van der Waals surface area contributed by atoms with Gasteiger partial charge < -0.3 is 14.5 Å². The van der Waals surface area contributed by atoms with Crippen LogP contribution in [0, 0.1) is 17.2 Å². The fourth-order valence-electron chi connectivity index (χ4n) is 3.16. The molecule has 2 fully saturated rings. The van der Waals surface area contributed by atoms with Crippen LogP contribution in [-0.2, 0) is 9.53 Å². The number of benzene rings is 1. The van der Waals surface area contributed by atoms with E-state index in [9.17, 15) is 10.1 Å². The number of carbonyl (C=O) groups excluding carboxylic acids is 1. The van der Waals surface area contributed by atoms with Crippen molar-refractivity contribution in [3.8, 4) is 6.07 Å². The number of rotatable bonds is 3. The Morgan fingerprint density at radius 2 is 2.05 bits per heavy atom. The Labute approximate surface area is 131 Å². The Hall–Kier alpha value is -2.06. The van der Waals surface area contributed by atoms with E-state index in [1.54, 1.807) is 0 Å². The number of amides is 1. The number of carbonyl (C=O) groups is 1. The van der Waals surface area contributed by atoms with Crippen molar-refractivity contribution >= 4 is 11.6 Å². The van der Waals surface area contributed by atoms with Crippen LogP contribution < -0.4 is 4.90 Å². The molecular weight excluding hydrogens is 278 g/mol. The summed E-state index contributed by atoms with van der Waals surface area (Å²) in [6, 6.07) is 9.89. The normalized spacial score (nSPS) is 21.7. The van der Waals surface area contributed by atoms with Crippen LogP contribution in [0.4, 0.5) is 5.69 Å². The van der Waals surface area contributed by atoms with E-state index in [1.807, 2.05) is 29.2 Å². The second-order valence-electron chi connectivity index (χ2n) is 5.93. The summed E-state index contributed by atoms with van der Waals surface area (Å²) in [7, 11) is 0. The quantitative estimate of drug-likeness (QED) is 0.851. The second kappa shape index (κ2) is 6.80. The number of nitrogens with zero attached hydrogens (tertiary/aromatic N) is 3. The smallest absolute Gasteiger partial charge is 0.223 e. The highest BCUT2D eigenvalue weighted by Crippen LogP contribution is 2.22. The first kappa shape index (κ1) is 14.9. The van der Waals surface area contributed by atoms with Gasteiger partial charge in [-0.25, -0.2) is 0 Å². The van der Waals surface area contributed by atoms with Crippen LogP contribution in [0.1, 0.15) is 18.4 Å². The van der Waals surface area contributed by atoms with E-state index in [0.29, 0.717) is 17.9 Å². The van der Waals surface area contributed by atoms with Crippen molar-refractivity contribution in [3.05, 3.63) is 29.8 Å². The third-order valence-electron chi connectivity index (χ3n) is 4.48. The minimum Gasteiger partial charge on any atom is -0.381 e. The van der Waals surface area contributed by atoms with Crippen molar-refractivity contribution in [3.63, 3.8) is 0 Å². The lowest BCUT2D eigenvalue weighted by molar-refractivity contribution is -0.132. The highest BCUT2D eigenvalue weighted by Gasteiger charge is 2.26. The van der Waals surface area contributed by atoms with Crippen molar-refractivity contribution < 1.29 is 9.53 Å². The Morgan fingerprint density at radius 1 is 1.27 bits per heavy atom. The lowest BCUT2D eigenvalue weighted by Crippen LogP contribution is -2.49. The summed E-state index contributed by atoms with van der Waals surface area (Å²) >= 11 is 0. The molecule has 0 saturated carbocycles. The van der Waals surface area contributed by atoms with Gasteiger partial charge in [-0.3, -0.25) is 4.79 Å². The number of ether oxygens (including phenoxy) is 1. The Morgan fingerprint density at radius 3 is 2.73 bits per heavy atom. The Balaban J connectivity index is 1.56. The molecule has 2 aliphatic rings. The number of anilines is 1. The van der Waals surface area contributed by atoms with E-state index in [4.69, 9.17) is 4.74 Å². The molecule has 22 heavy (non-hydrogen) atoms. The fraction of sp³-hybridized carbons (Fsp3) is 0.529. The second-order valence-corrected chi connectivity index (χ2v) is 5.93. The Bertz CT molecular complexity index is 568. The Kier molecular flexibility index (Phi) is 4.59. The zero-order chi connectivity index (χ0) is 15.4. The molecule has 3 rings (SSSR count). The highest BCUT2D eigenvalue weighted by atomic mass is 16.5. The van der Waals surface area contributed by atoms with Gasteiger partial charge in [0.15, 0.2) is 0 Å². The first-order valence-corrected chi connectivity index (χ1v) is 7.87. The standard InChI is InChI=1S/C17H21N3O2/c18-12-15-3-1-2-4-16(15)19-6-8-20(9-7-19)17(21)11-14-5-10-22-13-14/h1-4,14H,5-11,13H2/t14-/m0/s1. The molecule has 1 amide bonds. The van der Waals surface area contributed by atoms with Gasteiger partial charge in [0.1, 0.15) is 6.07 Å². The summed E-state index contributed by atoms with van der Waals surface area (Å²) in [6.07, 6.45) is 1.61. The van der Waals surface area contributed by atoms with E-state index >= 15 is 0 Å². The highest BCUT2D eigenvalue weighted by molar-refractivity contribution is 5.77. The molecule has 5 nitrogen and oxygen atoms in total. The van der Waals surface area contributed by atoms with Crippen LogP contribution in [0.2, 0.25) is 0 Å². The number of hydrogen-bond acceptors (Lipinski definition) is 4. The fourth-order valence-corrected chi connectivity index (χ4v) is 3.16. The molecule has 0 spiro atoms. The molecule has 1 aromatic carbocycles. The zero-order valence-corrected chi connectivity index (χ0v) is 12.7. The predicted octanol–water partition coefficient (Wildman–Crippen LogP) is 1.63. The molecule has 2 heterocycles. The van der Waals surface area contributed by atoms with Crippen LogP contribution >= 0.6 is 0 Å². The van der Waals surface area contributed by atoms with E-state index in [1.165, 1.54) is 0 Å². The van der Waals surface area contributed by atoms with Gasteiger partial charge in [-0.15, -0.1) is 0 Å². The summed E-state index contributed by atoms with van der Waals surface area (Å²) in [5.41, 5.74) is 1.67. The number of nitriles is 1. The number of piperazine rings is 1. The van der Waals surface area contributed by atoms with Crippen LogP contribution in [0.15, 0.2) is 24.3 Å². The molecule has 1 aromatic rings. The molecule has 0 bridgehead atoms. The maximum atomic E-state index is 12.3. The van der Waals surface area contributed by atoms with Gasteiger partial charge in [0.05, 0.1) is 11.3 Å². The average molecular weight is 299 g/mol. The first-order chi connectivity index (χ1) is 10.8. The minimum atomic E-state index is 0.240. The van der Waals surface area contributed by atoms with E-state index in [2.05, 4.69) is 11.0 Å². The monoisotopic (exact) mass is 299 g/mol. The SMILES string of the molecule is N#Cc1ccccc1N1CCN(C(=O)C[C@@H]2CCOC2)CC1. The molecule has 116 valence electrons. The molecule has 0 aliphatic carbocycles. The van der Waals surface area contributed by atoms with Crippen molar-refractivity contribution in [2.45, 2.75) is 12.8 Å². The molecule has 0 unspecified atom stereocenters. The average Bonchev–Trinajstić information content (AvgIpc) is 3.08. The third kappa shape index (κ3) is 3.23. The van der Waals surface area contributed by atoms with Crippen molar-refractivity contribution in [2.24, 2.45) is 5.92 Å². The summed E-state index contributed by atoms with van der Waals surface area (Å²) in [6.45, 7) is 4.54. The van der Waals surface area contributed by atoms with Crippen molar-refractivity contribution in [1.29, 1.82) is 5.26 Å². The van der Waals surface area contributed by atoms with Gasteiger partial charge in [-0.2, -0.15) is 5.26 Å². The molecule has 0 radical (unpaired) electrons. The van der Waals surface area contributed by atoms with Crippen LogP contribution in [-0.4, -0.2) is 50.2 Å². The predicted molar refractivity (Wildman–Crippen MR) is 83.5 cm³/mol. The van der Waals surface area contributed by atoms with Crippen LogP contribution in [0.25, 0.3) is 0 Å².